The van der Waals surface area contributed by atoms with Gasteiger partial charge < -0.3 is 27.2 Å². The minimum Gasteiger partial charge on any atom is -0.396 e. The molecule has 0 heterocycles. The fourth-order valence-electron chi connectivity index (χ4n) is 0.122. The molecule has 0 aliphatic carbocycles. The van der Waals surface area contributed by atoms with Crippen LogP contribution in [0.25, 0.3) is 0 Å². The molecule has 0 atom stereocenters. The van der Waals surface area contributed by atoms with Crippen LogP contribution in [0.5, 0.6) is 0 Å². The summed E-state index contributed by atoms with van der Waals surface area (Å²) in [5, 5.41) is 8.08. The molecule has 5 nitrogen and oxygen atoms in total. The molecule has 0 amide bonds. The Hall–Kier alpha value is 0.580. The van der Waals surface area contributed by atoms with E-state index in [1.165, 1.54) is 0 Å². The smallest absolute Gasteiger partial charge is 0.232 e. The van der Waals surface area contributed by atoms with Gasteiger partial charge in [0.1, 0.15) is 0 Å². The van der Waals surface area contributed by atoms with Gasteiger partial charge in [0.15, 0.2) is 0 Å². The second kappa shape index (κ2) is 11.4. The molecule has 0 aromatic rings. The third kappa shape index (κ3) is 17.7. The van der Waals surface area contributed by atoms with Crippen LogP contribution < -0.4 is 12.3 Å². The summed E-state index contributed by atoms with van der Waals surface area (Å²) in [6.45, 7) is 0.00458. The van der Waals surface area contributed by atoms with E-state index in [9.17, 15) is 0 Å². The molecule has 0 bridgehead atoms. The van der Waals surface area contributed by atoms with Gasteiger partial charge in [-0.25, -0.2) is 0 Å². The summed E-state index contributed by atoms with van der Waals surface area (Å²) in [5.74, 6) is 0.401. The molecule has 0 rings (SSSR count). The zero-order valence-electron chi connectivity index (χ0n) is 5.03. The van der Waals surface area contributed by atoms with Crippen LogP contribution in [0.2, 0.25) is 0 Å². The van der Waals surface area contributed by atoms with E-state index in [1.807, 2.05) is 0 Å². The fraction of sp³-hybridized carbons (Fsp3) is 1.00. The Labute approximate surface area is 59.3 Å². The molecule has 0 aromatic heterocycles. The summed E-state index contributed by atoms with van der Waals surface area (Å²) in [7, 11) is -1.85. The molecule has 9 N–H and O–H groups in total. The Balaban J connectivity index is -0.000000180. The van der Waals surface area contributed by atoms with Gasteiger partial charge in [0.2, 0.25) is 7.58 Å². The SMILES string of the molecule is N.N.OCCSP(O)O. The van der Waals surface area contributed by atoms with E-state index in [0.717, 1.165) is 11.4 Å². The van der Waals surface area contributed by atoms with Gasteiger partial charge in [-0.05, 0) is 0 Å². The molecule has 0 fully saturated rings. The van der Waals surface area contributed by atoms with E-state index in [2.05, 4.69) is 0 Å². The van der Waals surface area contributed by atoms with Crippen molar-refractivity contribution in [2.24, 2.45) is 0 Å². The van der Waals surface area contributed by atoms with Crippen molar-refractivity contribution in [2.75, 3.05) is 12.4 Å². The molecule has 0 saturated carbocycles. The number of aliphatic hydroxyl groups is 1. The predicted octanol–water partition coefficient (Wildman–Crippen LogP) is 0.247. The Kier molecular flexibility index (Phi) is 20.6. The second-order valence-corrected chi connectivity index (χ2v) is 3.74. The summed E-state index contributed by atoms with van der Waals surface area (Å²) in [6, 6.07) is 0. The van der Waals surface area contributed by atoms with Crippen molar-refractivity contribution in [3.05, 3.63) is 0 Å². The van der Waals surface area contributed by atoms with Crippen molar-refractivity contribution in [3.8, 4) is 0 Å². The molecule has 0 aliphatic rings. The van der Waals surface area contributed by atoms with E-state index in [4.69, 9.17) is 14.9 Å². The van der Waals surface area contributed by atoms with Crippen LogP contribution in [-0.2, 0) is 0 Å². The van der Waals surface area contributed by atoms with Gasteiger partial charge in [-0.1, -0.05) is 11.4 Å². The lowest BCUT2D eigenvalue weighted by atomic mass is 10.9. The lowest BCUT2D eigenvalue weighted by molar-refractivity contribution is 0.322. The van der Waals surface area contributed by atoms with Crippen LogP contribution >= 0.6 is 19.0 Å². The van der Waals surface area contributed by atoms with E-state index in [1.54, 1.807) is 0 Å². The zero-order chi connectivity index (χ0) is 5.70. The largest absolute Gasteiger partial charge is 0.396 e. The average molecular weight is 176 g/mol. The van der Waals surface area contributed by atoms with Crippen LogP contribution in [0.1, 0.15) is 0 Å². The van der Waals surface area contributed by atoms with E-state index < -0.39 is 7.58 Å². The van der Waals surface area contributed by atoms with E-state index >= 15 is 0 Å². The monoisotopic (exact) mass is 176 g/mol. The lowest BCUT2D eigenvalue weighted by Crippen LogP contribution is -1.82. The molecule has 0 radical (unpaired) electrons. The van der Waals surface area contributed by atoms with Crippen molar-refractivity contribution >= 4 is 19.0 Å². The van der Waals surface area contributed by atoms with Gasteiger partial charge in [-0.15, -0.1) is 0 Å². The maximum Gasteiger partial charge on any atom is 0.232 e. The van der Waals surface area contributed by atoms with Crippen LogP contribution in [0.4, 0.5) is 0 Å². The predicted molar refractivity (Wildman–Crippen MR) is 40.9 cm³/mol. The number of hydrogen-bond donors (Lipinski definition) is 5. The van der Waals surface area contributed by atoms with Gasteiger partial charge in [0, 0.05) is 5.75 Å². The molecule has 7 heteroatoms. The van der Waals surface area contributed by atoms with Crippen molar-refractivity contribution < 1.29 is 14.9 Å². The minimum absolute atomic E-state index is 0. The first-order chi connectivity index (χ1) is 3.27. The van der Waals surface area contributed by atoms with Crippen LogP contribution in [0.15, 0.2) is 0 Å². The Morgan fingerprint density at radius 1 is 1.22 bits per heavy atom. The molecular weight excluding hydrogens is 163 g/mol. The highest BCUT2D eigenvalue weighted by Gasteiger charge is 1.94. The maximum absolute atomic E-state index is 8.16. The van der Waals surface area contributed by atoms with Gasteiger partial charge >= 0.3 is 0 Å². The maximum atomic E-state index is 8.16. The van der Waals surface area contributed by atoms with Crippen LogP contribution in [0.3, 0.4) is 0 Å². The Morgan fingerprint density at radius 3 is 1.78 bits per heavy atom. The van der Waals surface area contributed by atoms with Crippen molar-refractivity contribution in [1.29, 1.82) is 0 Å². The highest BCUT2D eigenvalue weighted by atomic mass is 32.7. The molecule has 60 valence electrons. The lowest BCUT2D eigenvalue weighted by Gasteiger charge is -1.95. The van der Waals surface area contributed by atoms with E-state index in [-0.39, 0.29) is 18.9 Å². The normalized spacial score (nSPS) is 8.00. The first kappa shape index (κ1) is 16.3. The van der Waals surface area contributed by atoms with Crippen LogP contribution in [0, 0.1) is 0 Å². The molecule has 0 aromatic carbocycles. The zero-order valence-corrected chi connectivity index (χ0v) is 6.74. The third-order valence-electron chi connectivity index (χ3n) is 0.298. The molecule has 0 spiro atoms. The van der Waals surface area contributed by atoms with Gasteiger partial charge in [0.05, 0.1) is 6.61 Å². The third-order valence-corrected chi connectivity index (χ3v) is 2.13. The highest BCUT2D eigenvalue weighted by molar-refractivity contribution is 8.52. The first-order valence-electron chi connectivity index (χ1n) is 1.69. The summed E-state index contributed by atoms with van der Waals surface area (Å²) in [4.78, 5) is 16.3. The summed E-state index contributed by atoms with van der Waals surface area (Å²) in [5.41, 5.74) is 0. The summed E-state index contributed by atoms with van der Waals surface area (Å²) in [6.07, 6.45) is 0. The Morgan fingerprint density at radius 2 is 1.67 bits per heavy atom. The molecule has 0 aliphatic heterocycles. The fourth-order valence-corrected chi connectivity index (χ4v) is 1.10. The van der Waals surface area contributed by atoms with Crippen molar-refractivity contribution in [3.63, 3.8) is 0 Å². The molecule has 0 unspecified atom stereocenters. The van der Waals surface area contributed by atoms with Gasteiger partial charge in [-0.3, -0.25) is 0 Å². The van der Waals surface area contributed by atoms with E-state index in [0.29, 0.717) is 5.75 Å². The summed E-state index contributed by atoms with van der Waals surface area (Å²) >= 11 is 0.957. The van der Waals surface area contributed by atoms with Crippen molar-refractivity contribution in [1.82, 2.24) is 12.3 Å². The number of hydrogen-bond acceptors (Lipinski definition) is 6. The Bertz CT molecular complexity index is 48.8. The van der Waals surface area contributed by atoms with Crippen LogP contribution in [-0.4, -0.2) is 27.3 Å². The number of aliphatic hydroxyl groups excluding tert-OH is 1. The van der Waals surface area contributed by atoms with Crippen molar-refractivity contribution in [2.45, 2.75) is 0 Å². The minimum atomic E-state index is -1.85. The van der Waals surface area contributed by atoms with Gasteiger partial charge in [-0.2, -0.15) is 0 Å². The summed E-state index contributed by atoms with van der Waals surface area (Å²) < 4.78 is 0. The molecule has 0 saturated heterocycles. The highest BCUT2D eigenvalue weighted by Crippen LogP contribution is 2.39. The average Bonchev–Trinajstić information content (AvgIpc) is 1.61. The standard InChI is InChI=1S/C2H7O3PS.2H3N/c3-1-2-7-6(4)5;;/h3-5H,1-2H2;2*1H3. The molecular formula is C2H13N2O3PS. The second-order valence-electron chi connectivity index (χ2n) is 0.810. The topological polar surface area (TPSA) is 131 Å². The van der Waals surface area contributed by atoms with Gasteiger partial charge in [0.25, 0.3) is 0 Å². The number of rotatable bonds is 3. The molecule has 9 heavy (non-hydrogen) atoms. The quantitative estimate of drug-likeness (QED) is 0.391. The first-order valence-corrected chi connectivity index (χ1v) is 4.53.